The second-order valence-electron chi connectivity index (χ2n) is 3.38. The van der Waals surface area contributed by atoms with E-state index < -0.39 is 7.87 Å². The van der Waals surface area contributed by atoms with Gasteiger partial charge in [-0.3, -0.25) is 0 Å². The molecule has 0 rings (SSSR count). The molecule has 0 aliphatic rings. The summed E-state index contributed by atoms with van der Waals surface area (Å²) < 4.78 is 11.1. The topological polar surface area (TPSA) is 18.5 Å². The molecule has 0 aliphatic heterocycles. The highest BCUT2D eigenvalue weighted by molar-refractivity contribution is 7.12. The first kappa shape index (κ1) is 15.7. The van der Waals surface area contributed by atoms with Crippen molar-refractivity contribution in [3.63, 3.8) is 0 Å². The first-order chi connectivity index (χ1) is 7.18. The quantitative estimate of drug-likeness (QED) is 0.259. The van der Waals surface area contributed by atoms with E-state index in [0.29, 0.717) is 13.2 Å². The van der Waals surface area contributed by atoms with Crippen LogP contribution in [0.15, 0.2) is 0 Å². The number of halogens is 2. The number of rotatable bonds is 10. The van der Waals surface area contributed by atoms with Crippen molar-refractivity contribution in [3.05, 3.63) is 0 Å². The number of hydrogen-bond donors (Lipinski definition) is 0. The van der Waals surface area contributed by atoms with Gasteiger partial charge in [0.15, 0.2) is 0 Å². The lowest BCUT2D eigenvalue weighted by Crippen LogP contribution is -2.36. The maximum atomic E-state index is 6.32. The van der Waals surface area contributed by atoms with Crippen LogP contribution in [0.4, 0.5) is 0 Å². The molecule has 0 amide bonds. The van der Waals surface area contributed by atoms with Gasteiger partial charge in [-0.2, -0.15) is 0 Å². The lowest BCUT2D eigenvalue weighted by molar-refractivity contribution is 0.202. The van der Waals surface area contributed by atoms with Gasteiger partial charge in [0.05, 0.1) is 0 Å². The molecule has 0 aromatic carbocycles. The molecule has 0 spiro atoms. The first-order valence-electron chi connectivity index (χ1n) is 5.71. The molecule has 0 saturated heterocycles. The van der Waals surface area contributed by atoms with Crippen molar-refractivity contribution in [2.75, 3.05) is 19.1 Å². The Labute approximate surface area is 104 Å². The van der Waals surface area contributed by atoms with Crippen LogP contribution in [-0.2, 0) is 8.85 Å². The van der Waals surface area contributed by atoms with E-state index in [4.69, 9.17) is 31.5 Å². The highest BCUT2D eigenvalue weighted by Gasteiger charge is 2.34. The Kier molecular flexibility index (Phi) is 10.4. The second-order valence-corrected chi connectivity index (χ2v) is 7.88. The molecule has 0 unspecified atom stereocenters. The fourth-order valence-electron chi connectivity index (χ4n) is 1.40. The molecule has 0 aliphatic carbocycles. The standard InChI is InChI=1S/C10H22Cl2O2Si/c1-3-13-15(12,14-4-2)10-8-6-5-7-9-11/h3-10H2,1-2H3. The molecule has 5 heteroatoms. The van der Waals surface area contributed by atoms with Crippen LogP contribution >= 0.6 is 22.7 Å². The monoisotopic (exact) mass is 272 g/mol. The summed E-state index contributed by atoms with van der Waals surface area (Å²) in [7, 11) is -2.37. The molecule has 0 fully saturated rings. The Morgan fingerprint density at radius 1 is 0.933 bits per heavy atom. The van der Waals surface area contributed by atoms with Gasteiger partial charge in [-0.25, -0.2) is 0 Å². The van der Waals surface area contributed by atoms with Gasteiger partial charge in [0, 0.05) is 25.1 Å². The Bertz CT molecular complexity index is 141. The molecule has 0 N–H and O–H groups in total. The maximum Gasteiger partial charge on any atom is 0.443 e. The zero-order valence-electron chi connectivity index (χ0n) is 9.73. The predicted molar refractivity (Wildman–Crippen MR) is 68.9 cm³/mol. The Balaban J connectivity index is 3.65. The summed E-state index contributed by atoms with van der Waals surface area (Å²) in [5.41, 5.74) is 0. The average Bonchev–Trinajstić information content (AvgIpc) is 2.18. The normalized spacial score (nSPS) is 12.0. The van der Waals surface area contributed by atoms with Crippen LogP contribution in [0.25, 0.3) is 0 Å². The van der Waals surface area contributed by atoms with E-state index in [0.717, 1.165) is 31.2 Å². The van der Waals surface area contributed by atoms with Gasteiger partial charge < -0.3 is 8.85 Å². The molecule has 0 saturated carbocycles. The molecule has 15 heavy (non-hydrogen) atoms. The fourth-order valence-corrected chi connectivity index (χ4v) is 4.55. The van der Waals surface area contributed by atoms with Crippen molar-refractivity contribution in [1.82, 2.24) is 0 Å². The Morgan fingerprint density at radius 3 is 1.93 bits per heavy atom. The zero-order chi connectivity index (χ0) is 11.6. The predicted octanol–water partition coefficient (Wildman–Crippen LogP) is 4.04. The number of hydrogen-bond acceptors (Lipinski definition) is 2. The number of unbranched alkanes of at least 4 members (excludes halogenated alkanes) is 3. The molecule has 0 bridgehead atoms. The minimum atomic E-state index is -2.37. The molecular formula is C10H22Cl2O2Si. The third kappa shape index (κ3) is 8.52. The number of alkyl halides is 1. The fraction of sp³-hybridized carbons (Fsp3) is 1.00. The summed E-state index contributed by atoms with van der Waals surface area (Å²) >= 11 is 11.9. The average molecular weight is 273 g/mol. The first-order valence-corrected chi connectivity index (χ1v) is 9.28. The minimum Gasteiger partial charge on any atom is -0.383 e. The molecule has 0 heterocycles. The van der Waals surface area contributed by atoms with Crippen LogP contribution in [0, 0.1) is 0 Å². The van der Waals surface area contributed by atoms with Gasteiger partial charge in [0.25, 0.3) is 0 Å². The van der Waals surface area contributed by atoms with E-state index in [2.05, 4.69) is 0 Å². The van der Waals surface area contributed by atoms with Gasteiger partial charge in [0.2, 0.25) is 0 Å². The largest absolute Gasteiger partial charge is 0.443 e. The van der Waals surface area contributed by atoms with Gasteiger partial charge >= 0.3 is 7.87 Å². The van der Waals surface area contributed by atoms with Gasteiger partial charge in [0.1, 0.15) is 0 Å². The Hall–Kier alpha value is 0.717. The van der Waals surface area contributed by atoms with Crippen molar-refractivity contribution in [2.24, 2.45) is 0 Å². The molecule has 0 atom stereocenters. The van der Waals surface area contributed by atoms with E-state index >= 15 is 0 Å². The maximum absolute atomic E-state index is 6.32. The van der Waals surface area contributed by atoms with E-state index in [1.54, 1.807) is 0 Å². The van der Waals surface area contributed by atoms with Crippen LogP contribution in [0.2, 0.25) is 6.04 Å². The third-order valence-electron chi connectivity index (χ3n) is 2.08. The van der Waals surface area contributed by atoms with Crippen molar-refractivity contribution in [1.29, 1.82) is 0 Å². The SMILES string of the molecule is CCO[Si](Cl)(CCCCCCCl)OCC. The smallest absolute Gasteiger partial charge is 0.383 e. The summed E-state index contributed by atoms with van der Waals surface area (Å²) in [5, 5.41) is 0. The summed E-state index contributed by atoms with van der Waals surface area (Å²) in [6.45, 7) is 5.18. The summed E-state index contributed by atoms with van der Waals surface area (Å²) in [5.74, 6) is 0.750. The summed E-state index contributed by atoms with van der Waals surface area (Å²) in [4.78, 5) is 0. The van der Waals surface area contributed by atoms with Crippen LogP contribution in [-0.4, -0.2) is 27.0 Å². The van der Waals surface area contributed by atoms with E-state index in [-0.39, 0.29) is 0 Å². The van der Waals surface area contributed by atoms with Crippen LogP contribution in [0.5, 0.6) is 0 Å². The van der Waals surface area contributed by atoms with E-state index in [1.807, 2.05) is 13.8 Å². The van der Waals surface area contributed by atoms with Gasteiger partial charge in [-0.1, -0.05) is 30.3 Å². The lowest BCUT2D eigenvalue weighted by Gasteiger charge is -2.22. The summed E-state index contributed by atoms with van der Waals surface area (Å²) in [6.07, 6.45) is 4.49. The van der Waals surface area contributed by atoms with E-state index in [9.17, 15) is 0 Å². The molecule has 0 radical (unpaired) electrons. The zero-order valence-corrected chi connectivity index (χ0v) is 12.2. The molecule has 92 valence electrons. The van der Waals surface area contributed by atoms with Crippen molar-refractivity contribution < 1.29 is 8.85 Å². The van der Waals surface area contributed by atoms with Gasteiger partial charge in [-0.05, 0) is 20.3 Å². The summed E-state index contributed by atoms with van der Waals surface area (Å²) in [6, 6.07) is 0.874. The second kappa shape index (κ2) is 9.91. The molecule has 0 aromatic rings. The van der Waals surface area contributed by atoms with E-state index in [1.165, 1.54) is 6.42 Å². The van der Waals surface area contributed by atoms with Crippen LogP contribution in [0.1, 0.15) is 39.5 Å². The van der Waals surface area contributed by atoms with Crippen molar-refractivity contribution in [2.45, 2.75) is 45.6 Å². The highest BCUT2D eigenvalue weighted by Crippen LogP contribution is 2.22. The van der Waals surface area contributed by atoms with Crippen LogP contribution in [0.3, 0.4) is 0 Å². The molecule has 2 nitrogen and oxygen atoms in total. The third-order valence-corrected chi connectivity index (χ3v) is 5.96. The van der Waals surface area contributed by atoms with Crippen LogP contribution < -0.4 is 0 Å². The van der Waals surface area contributed by atoms with Crippen molar-refractivity contribution in [3.8, 4) is 0 Å². The van der Waals surface area contributed by atoms with Crippen molar-refractivity contribution >= 4 is 30.6 Å². The lowest BCUT2D eigenvalue weighted by atomic mass is 10.2. The minimum absolute atomic E-state index is 0.636. The highest BCUT2D eigenvalue weighted by atomic mass is 35.6. The molecule has 0 aromatic heterocycles. The Morgan fingerprint density at radius 2 is 1.47 bits per heavy atom. The van der Waals surface area contributed by atoms with Gasteiger partial charge in [-0.15, -0.1) is 11.6 Å². The molecular weight excluding hydrogens is 251 g/mol.